The van der Waals surface area contributed by atoms with Crippen molar-refractivity contribution >= 4 is 0 Å². The summed E-state index contributed by atoms with van der Waals surface area (Å²) in [6, 6.07) is 0.942. The number of hydrogen-bond acceptors (Lipinski definition) is 1. The molecule has 1 heterocycles. The summed E-state index contributed by atoms with van der Waals surface area (Å²) in [7, 11) is 1.44. The maximum absolute atomic E-state index is 14.5. The minimum absolute atomic E-state index is 0.0227. The first-order valence-electron chi connectivity index (χ1n) is 9.75. The number of likely N-dealkylation sites (tertiary alicyclic amines) is 1. The average molecular weight is 579 g/mol. The van der Waals surface area contributed by atoms with Crippen molar-refractivity contribution in [3.63, 3.8) is 0 Å². The van der Waals surface area contributed by atoms with E-state index in [4.69, 9.17) is 0 Å². The summed E-state index contributed by atoms with van der Waals surface area (Å²) in [4.78, 5) is 1.49. The zero-order valence-corrected chi connectivity index (χ0v) is 17.9. The molecule has 37 heavy (non-hydrogen) atoms. The molecule has 0 N–H and O–H groups in total. The van der Waals surface area contributed by atoms with Crippen LogP contribution in [0.2, 0.25) is 0 Å². The van der Waals surface area contributed by atoms with Gasteiger partial charge in [-0.3, -0.25) is 4.90 Å². The Morgan fingerprint density at radius 1 is 0.622 bits per heavy atom. The Bertz CT molecular complexity index is 981. The first-order chi connectivity index (χ1) is 16.2. The van der Waals surface area contributed by atoms with Crippen molar-refractivity contribution in [2.24, 2.45) is 0 Å². The van der Waals surface area contributed by atoms with Crippen LogP contribution in [0.3, 0.4) is 0 Å². The van der Waals surface area contributed by atoms with Crippen LogP contribution >= 0.6 is 0 Å². The SMILES string of the molecule is CN1CCCC1c1cccc(C(F)(F)C(F)(F)C(F)(F)C(F)(F)C(F)(F)C(F)(F)C(F)(F)C(F)(F)F)c1. The monoisotopic (exact) mass is 579 g/mol. The molecular weight excluding hydrogens is 565 g/mol. The summed E-state index contributed by atoms with van der Waals surface area (Å²) in [6.45, 7) is 0.359. The zero-order chi connectivity index (χ0) is 29.3. The molecule has 0 aromatic heterocycles. The van der Waals surface area contributed by atoms with Gasteiger partial charge in [0.15, 0.2) is 0 Å². The maximum Gasteiger partial charge on any atom is 0.460 e. The quantitative estimate of drug-likeness (QED) is 0.283. The van der Waals surface area contributed by atoms with Crippen LogP contribution in [0.15, 0.2) is 24.3 Å². The minimum Gasteiger partial charge on any atom is -0.299 e. The lowest BCUT2D eigenvalue weighted by Gasteiger charge is -2.42. The van der Waals surface area contributed by atoms with Gasteiger partial charge in [-0.25, -0.2) is 0 Å². The zero-order valence-electron chi connectivity index (χ0n) is 17.9. The van der Waals surface area contributed by atoms with E-state index in [1.165, 1.54) is 11.9 Å². The van der Waals surface area contributed by atoms with Crippen molar-refractivity contribution in [2.75, 3.05) is 13.6 Å². The van der Waals surface area contributed by atoms with Crippen molar-refractivity contribution in [1.29, 1.82) is 0 Å². The van der Waals surface area contributed by atoms with Crippen LogP contribution in [0, 0.1) is 0 Å². The van der Waals surface area contributed by atoms with E-state index in [1.807, 2.05) is 0 Å². The molecule has 0 bridgehead atoms. The third kappa shape index (κ3) is 4.20. The van der Waals surface area contributed by atoms with Gasteiger partial charge in [0.05, 0.1) is 0 Å². The van der Waals surface area contributed by atoms with Crippen LogP contribution in [0.25, 0.3) is 0 Å². The largest absolute Gasteiger partial charge is 0.460 e. The Morgan fingerprint density at radius 2 is 1.05 bits per heavy atom. The number of rotatable bonds is 8. The van der Waals surface area contributed by atoms with Crippen molar-refractivity contribution in [2.45, 2.75) is 66.5 Å². The number of alkyl halides is 17. The number of hydrogen-bond donors (Lipinski definition) is 0. The number of benzene rings is 1. The molecule has 1 aromatic rings. The van der Waals surface area contributed by atoms with Crippen LogP contribution < -0.4 is 0 Å². The van der Waals surface area contributed by atoms with Crippen molar-refractivity contribution in [3.8, 4) is 0 Å². The molecule has 1 aliphatic rings. The Kier molecular flexibility index (Phi) is 7.39. The van der Waals surface area contributed by atoms with Gasteiger partial charge in [0.2, 0.25) is 0 Å². The molecule has 1 aromatic carbocycles. The lowest BCUT2D eigenvalue weighted by Crippen LogP contribution is -2.74. The molecule has 0 radical (unpaired) electrons. The molecule has 0 spiro atoms. The van der Waals surface area contributed by atoms with Crippen molar-refractivity contribution in [1.82, 2.24) is 4.90 Å². The van der Waals surface area contributed by atoms with E-state index in [0.717, 1.165) is 6.07 Å². The second-order valence-electron chi connectivity index (χ2n) is 8.28. The highest BCUT2D eigenvalue weighted by Gasteiger charge is 2.95. The molecule has 1 nitrogen and oxygen atoms in total. The second kappa shape index (κ2) is 8.76. The molecule has 1 fully saturated rings. The lowest BCUT2D eigenvalue weighted by atomic mass is 9.86. The average Bonchev–Trinajstić information content (AvgIpc) is 3.18. The molecule has 1 aliphatic heterocycles. The predicted molar refractivity (Wildman–Crippen MR) is 90.7 cm³/mol. The Hall–Kier alpha value is -2.01. The standard InChI is InChI=1S/C19H14F17N/c1-37-7-3-6-11(37)9-4-2-5-10(8-9)12(20,21)13(22,23)14(24,25)15(26,27)16(28,29)17(30,31)18(32,33)19(34,35)36/h2,4-5,8,11H,3,6-7H2,1H3. The molecule has 1 saturated heterocycles. The molecule has 2 rings (SSSR count). The molecule has 18 heteroatoms. The topological polar surface area (TPSA) is 3.24 Å². The van der Waals surface area contributed by atoms with Crippen LogP contribution in [0.5, 0.6) is 0 Å². The van der Waals surface area contributed by atoms with E-state index in [1.54, 1.807) is 0 Å². The highest BCUT2D eigenvalue weighted by Crippen LogP contribution is 2.65. The summed E-state index contributed by atoms with van der Waals surface area (Å²) in [5.41, 5.74) is -2.42. The number of halogens is 17. The molecule has 214 valence electrons. The van der Waals surface area contributed by atoms with Crippen LogP contribution in [0.1, 0.15) is 30.0 Å². The molecule has 1 unspecified atom stereocenters. The fraction of sp³-hybridized carbons (Fsp3) is 0.684. The highest BCUT2D eigenvalue weighted by molar-refractivity contribution is 5.32. The van der Waals surface area contributed by atoms with E-state index in [2.05, 4.69) is 0 Å². The van der Waals surface area contributed by atoms with Crippen molar-refractivity contribution < 1.29 is 74.6 Å². The van der Waals surface area contributed by atoms with Gasteiger partial charge >= 0.3 is 47.6 Å². The molecular formula is C19H14F17N. The normalized spacial score (nSPS) is 20.0. The number of nitrogens with zero attached hydrogens (tertiary/aromatic N) is 1. The molecule has 0 saturated carbocycles. The Morgan fingerprint density at radius 3 is 1.46 bits per heavy atom. The minimum atomic E-state index is -8.63. The Balaban J connectivity index is 2.61. The van der Waals surface area contributed by atoms with Crippen LogP contribution in [0.4, 0.5) is 74.6 Å². The van der Waals surface area contributed by atoms with Crippen LogP contribution in [-0.2, 0) is 5.92 Å². The third-order valence-electron chi connectivity index (χ3n) is 5.88. The van der Waals surface area contributed by atoms with E-state index in [-0.39, 0.29) is 24.1 Å². The van der Waals surface area contributed by atoms with Gasteiger partial charge in [-0.1, -0.05) is 18.2 Å². The summed E-state index contributed by atoms with van der Waals surface area (Å²) in [5, 5.41) is 0. The first kappa shape index (κ1) is 31.2. The Labute approximate surface area is 196 Å². The van der Waals surface area contributed by atoms with E-state index < -0.39 is 59.2 Å². The summed E-state index contributed by atoms with van der Waals surface area (Å²) < 4.78 is 229. The summed E-state index contributed by atoms with van der Waals surface area (Å²) in [5.74, 6) is -56.5. The van der Waals surface area contributed by atoms with Gasteiger partial charge in [-0.05, 0) is 38.1 Å². The van der Waals surface area contributed by atoms with E-state index in [0.29, 0.717) is 19.0 Å². The van der Waals surface area contributed by atoms with Crippen molar-refractivity contribution in [3.05, 3.63) is 35.4 Å². The predicted octanol–water partition coefficient (Wildman–Crippen LogP) is 7.92. The smallest absolute Gasteiger partial charge is 0.299 e. The second-order valence-corrected chi connectivity index (χ2v) is 8.28. The highest BCUT2D eigenvalue weighted by atomic mass is 19.4. The van der Waals surface area contributed by atoms with Gasteiger partial charge in [0, 0.05) is 11.6 Å². The third-order valence-corrected chi connectivity index (χ3v) is 5.88. The molecule has 0 aliphatic carbocycles. The van der Waals surface area contributed by atoms with Gasteiger partial charge < -0.3 is 0 Å². The fourth-order valence-electron chi connectivity index (χ4n) is 3.62. The fourth-order valence-corrected chi connectivity index (χ4v) is 3.62. The van der Waals surface area contributed by atoms with Crippen LogP contribution in [-0.4, -0.2) is 60.2 Å². The van der Waals surface area contributed by atoms with Gasteiger partial charge in [0.1, 0.15) is 0 Å². The first-order valence-corrected chi connectivity index (χ1v) is 9.75. The van der Waals surface area contributed by atoms with Gasteiger partial charge in [-0.15, -0.1) is 0 Å². The van der Waals surface area contributed by atoms with Gasteiger partial charge in [0.25, 0.3) is 0 Å². The maximum atomic E-state index is 14.5. The summed E-state index contributed by atoms with van der Waals surface area (Å²) >= 11 is 0. The van der Waals surface area contributed by atoms with Gasteiger partial charge in [-0.2, -0.15) is 74.6 Å². The van der Waals surface area contributed by atoms with E-state index >= 15 is 0 Å². The lowest BCUT2D eigenvalue weighted by molar-refractivity contribution is -0.462. The molecule has 1 atom stereocenters. The summed E-state index contributed by atoms with van der Waals surface area (Å²) in [6.07, 6.45) is -7.09. The molecule has 0 amide bonds. The van der Waals surface area contributed by atoms with E-state index in [9.17, 15) is 74.6 Å².